The Balaban J connectivity index is 2.05. The molecule has 2 N–H and O–H groups in total. The Labute approximate surface area is 131 Å². The van der Waals surface area contributed by atoms with Gasteiger partial charge in [-0.15, -0.1) is 0 Å². The summed E-state index contributed by atoms with van der Waals surface area (Å²) in [6.45, 7) is 10.0. The number of hydrogen-bond acceptors (Lipinski definition) is 3. The van der Waals surface area contributed by atoms with Crippen LogP contribution in [0.1, 0.15) is 39.0 Å². The van der Waals surface area contributed by atoms with E-state index in [2.05, 4.69) is 39.4 Å². The predicted octanol–water partition coefficient (Wildman–Crippen LogP) is 1.37. The van der Waals surface area contributed by atoms with E-state index in [-0.39, 0.29) is 0 Å². The highest BCUT2D eigenvalue weighted by Gasteiger charge is 2.09. The zero-order valence-corrected chi connectivity index (χ0v) is 14.3. The topological polar surface area (TPSA) is 42.9 Å². The fourth-order valence-corrected chi connectivity index (χ4v) is 2.64. The smallest absolute Gasteiger partial charge is 0.191 e. The SMILES string of the molecule is CCCCN(C)CCNC(=NC)NCCN1CCCCC1. The van der Waals surface area contributed by atoms with E-state index in [1.807, 2.05) is 7.05 Å². The molecule has 0 unspecified atom stereocenters. The van der Waals surface area contributed by atoms with Crippen LogP contribution in [0.3, 0.4) is 0 Å². The molecular weight excluding hydrogens is 262 g/mol. The van der Waals surface area contributed by atoms with Crippen LogP contribution in [0.15, 0.2) is 4.99 Å². The van der Waals surface area contributed by atoms with Gasteiger partial charge in [-0.25, -0.2) is 0 Å². The summed E-state index contributed by atoms with van der Waals surface area (Å²) in [5.74, 6) is 0.927. The van der Waals surface area contributed by atoms with Crippen molar-refractivity contribution in [1.29, 1.82) is 0 Å². The molecule has 1 saturated heterocycles. The lowest BCUT2D eigenvalue weighted by Gasteiger charge is -2.26. The zero-order valence-electron chi connectivity index (χ0n) is 14.3. The van der Waals surface area contributed by atoms with Crippen molar-refractivity contribution in [2.75, 3.05) is 59.9 Å². The summed E-state index contributed by atoms with van der Waals surface area (Å²) < 4.78 is 0. The number of hydrogen-bond donors (Lipinski definition) is 2. The molecular formula is C16H35N5. The normalized spacial score (nSPS) is 17.2. The maximum absolute atomic E-state index is 4.29. The van der Waals surface area contributed by atoms with Gasteiger partial charge in [0.25, 0.3) is 0 Å². The molecule has 124 valence electrons. The van der Waals surface area contributed by atoms with Crippen molar-refractivity contribution in [2.45, 2.75) is 39.0 Å². The van der Waals surface area contributed by atoms with Crippen LogP contribution in [-0.4, -0.2) is 75.7 Å². The van der Waals surface area contributed by atoms with E-state index in [1.54, 1.807) is 0 Å². The number of nitrogens with one attached hydrogen (secondary N) is 2. The monoisotopic (exact) mass is 297 g/mol. The number of nitrogens with zero attached hydrogens (tertiary/aromatic N) is 3. The number of guanidine groups is 1. The Hall–Kier alpha value is -0.810. The Morgan fingerprint density at radius 2 is 1.81 bits per heavy atom. The van der Waals surface area contributed by atoms with Crippen molar-refractivity contribution in [3.8, 4) is 0 Å². The Morgan fingerprint density at radius 3 is 2.48 bits per heavy atom. The summed E-state index contributed by atoms with van der Waals surface area (Å²) >= 11 is 0. The molecule has 1 fully saturated rings. The van der Waals surface area contributed by atoms with Gasteiger partial charge in [0.2, 0.25) is 0 Å². The molecule has 0 aliphatic carbocycles. The first-order chi connectivity index (χ1) is 10.3. The first-order valence-electron chi connectivity index (χ1n) is 8.61. The van der Waals surface area contributed by atoms with Gasteiger partial charge in [-0.2, -0.15) is 0 Å². The average molecular weight is 297 g/mol. The van der Waals surface area contributed by atoms with Gasteiger partial charge in [0.1, 0.15) is 0 Å². The van der Waals surface area contributed by atoms with Gasteiger partial charge >= 0.3 is 0 Å². The first kappa shape index (κ1) is 18.2. The van der Waals surface area contributed by atoms with Gasteiger partial charge in [0.15, 0.2) is 5.96 Å². The Bertz CT molecular complexity index is 274. The molecule has 1 aliphatic heterocycles. The second-order valence-corrected chi connectivity index (χ2v) is 5.98. The second-order valence-electron chi connectivity index (χ2n) is 5.98. The lowest BCUT2D eigenvalue weighted by molar-refractivity contribution is 0.232. The van der Waals surface area contributed by atoms with E-state index in [9.17, 15) is 0 Å². The predicted molar refractivity (Wildman–Crippen MR) is 92.1 cm³/mol. The number of likely N-dealkylation sites (tertiary alicyclic amines) is 1. The Kier molecular flexibility index (Phi) is 10.3. The van der Waals surface area contributed by atoms with Crippen LogP contribution in [0.25, 0.3) is 0 Å². The molecule has 1 rings (SSSR count). The van der Waals surface area contributed by atoms with E-state index < -0.39 is 0 Å². The minimum atomic E-state index is 0.927. The van der Waals surface area contributed by atoms with Gasteiger partial charge in [-0.3, -0.25) is 4.99 Å². The summed E-state index contributed by atoms with van der Waals surface area (Å²) in [5.41, 5.74) is 0. The van der Waals surface area contributed by atoms with Crippen LogP contribution in [0.4, 0.5) is 0 Å². The fraction of sp³-hybridized carbons (Fsp3) is 0.938. The molecule has 0 aromatic carbocycles. The van der Waals surface area contributed by atoms with E-state index in [1.165, 1.54) is 51.7 Å². The van der Waals surface area contributed by atoms with E-state index in [0.29, 0.717) is 0 Å². The van der Waals surface area contributed by atoms with Crippen molar-refractivity contribution in [2.24, 2.45) is 4.99 Å². The highest BCUT2D eigenvalue weighted by Crippen LogP contribution is 2.07. The molecule has 1 heterocycles. The van der Waals surface area contributed by atoms with E-state index >= 15 is 0 Å². The molecule has 5 nitrogen and oxygen atoms in total. The third-order valence-corrected chi connectivity index (χ3v) is 4.07. The lowest BCUT2D eigenvalue weighted by Crippen LogP contribution is -2.44. The minimum absolute atomic E-state index is 0.927. The molecule has 0 aromatic rings. The van der Waals surface area contributed by atoms with Crippen molar-refractivity contribution in [3.63, 3.8) is 0 Å². The van der Waals surface area contributed by atoms with Gasteiger partial charge in [-0.1, -0.05) is 19.8 Å². The van der Waals surface area contributed by atoms with Gasteiger partial charge in [-0.05, 0) is 45.9 Å². The molecule has 5 heteroatoms. The zero-order chi connectivity index (χ0) is 15.3. The van der Waals surface area contributed by atoms with Crippen LogP contribution >= 0.6 is 0 Å². The van der Waals surface area contributed by atoms with Crippen molar-refractivity contribution < 1.29 is 0 Å². The maximum atomic E-state index is 4.29. The molecule has 0 aromatic heterocycles. The summed E-state index contributed by atoms with van der Waals surface area (Å²) in [5, 5.41) is 6.81. The third-order valence-electron chi connectivity index (χ3n) is 4.07. The van der Waals surface area contributed by atoms with E-state index in [4.69, 9.17) is 0 Å². The Morgan fingerprint density at radius 1 is 1.10 bits per heavy atom. The minimum Gasteiger partial charge on any atom is -0.355 e. The van der Waals surface area contributed by atoms with Crippen molar-refractivity contribution in [3.05, 3.63) is 0 Å². The lowest BCUT2D eigenvalue weighted by atomic mass is 10.1. The molecule has 0 bridgehead atoms. The second kappa shape index (κ2) is 11.8. The summed E-state index contributed by atoms with van der Waals surface area (Å²) in [7, 11) is 4.03. The summed E-state index contributed by atoms with van der Waals surface area (Å²) in [6, 6.07) is 0. The summed E-state index contributed by atoms with van der Waals surface area (Å²) in [6.07, 6.45) is 6.66. The van der Waals surface area contributed by atoms with Crippen LogP contribution in [0.2, 0.25) is 0 Å². The van der Waals surface area contributed by atoms with Gasteiger partial charge in [0.05, 0.1) is 0 Å². The van der Waals surface area contributed by atoms with Gasteiger partial charge < -0.3 is 20.4 Å². The molecule has 0 amide bonds. The first-order valence-corrected chi connectivity index (χ1v) is 8.61. The van der Waals surface area contributed by atoms with Crippen LogP contribution < -0.4 is 10.6 Å². The number of rotatable bonds is 9. The van der Waals surface area contributed by atoms with Crippen LogP contribution in [0.5, 0.6) is 0 Å². The number of unbranched alkanes of at least 4 members (excludes halogenated alkanes) is 1. The number of aliphatic imine (C=N–C) groups is 1. The third kappa shape index (κ3) is 8.94. The fourth-order valence-electron chi connectivity index (χ4n) is 2.64. The maximum Gasteiger partial charge on any atom is 0.191 e. The molecule has 0 radical (unpaired) electrons. The van der Waals surface area contributed by atoms with Gasteiger partial charge in [0, 0.05) is 33.2 Å². The molecule has 0 saturated carbocycles. The van der Waals surface area contributed by atoms with Crippen molar-refractivity contribution >= 4 is 5.96 Å². The number of piperidine rings is 1. The standard InChI is InChI=1S/C16H35N5/c1-4-5-11-20(3)14-9-18-16(17-2)19-10-15-21-12-7-6-8-13-21/h4-15H2,1-3H3,(H2,17,18,19). The average Bonchev–Trinajstić information content (AvgIpc) is 2.52. The van der Waals surface area contributed by atoms with Crippen molar-refractivity contribution in [1.82, 2.24) is 20.4 Å². The molecule has 21 heavy (non-hydrogen) atoms. The quantitative estimate of drug-likeness (QED) is 0.498. The van der Waals surface area contributed by atoms with Crippen LogP contribution in [-0.2, 0) is 0 Å². The van der Waals surface area contributed by atoms with E-state index in [0.717, 1.165) is 32.1 Å². The van der Waals surface area contributed by atoms with Crippen LogP contribution in [0, 0.1) is 0 Å². The highest BCUT2D eigenvalue weighted by atomic mass is 15.2. The summed E-state index contributed by atoms with van der Waals surface area (Å²) in [4.78, 5) is 9.20. The largest absolute Gasteiger partial charge is 0.355 e. The molecule has 0 spiro atoms. The highest BCUT2D eigenvalue weighted by molar-refractivity contribution is 5.79. The molecule has 1 aliphatic rings. The number of likely N-dealkylation sites (N-methyl/N-ethyl adjacent to an activating group) is 1. The molecule has 0 atom stereocenters.